The molecule has 4 rings (SSSR count). The molecule has 156 valence electrons. The van der Waals surface area contributed by atoms with Crippen LogP contribution in [-0.4, -0.2) is 27.1 Å². The van der Waals surface area contributed by atoms with Gasteiger partial charge in [0.05, 0.1) is 22.0 Å². The lowest BCUT2D eigenvalue weighted by molar-refractivity contribution is -0.123. The molecule has 1 N–H and O–H groups in total. The number of benzene rings is 2. The van der Waals surface area contributed by atoms with Gasteiger partial charge >= 0.3 is 5.97 Å². The molecule has 1 fully saturated rings. The van der Waals surface area contributed by atoms with Crippen LogP contribution in [0.4, 0.5) is 9.18 Å². The van der Waals surface area contributed by atoms with Crippen molar-refractivity contribution < 1.29 is 28.3 Å². The topological polar surface area (TPSA) is 87.8 Å². The molecule has 0 unspecified atom stereocenters. The summed E-state index contributed by atoms with van der Waals surface area (Å²) in [6, 6.07) is 13.6. The van der Waals surface area contributed by atoms with Gasteiger partial charge in [-0.15, -0.1) is 0 Å². The second kappa shape index (κ2) is 8.41. The molecule has 0 atom stereocenters. The van der Waals surface area contributed by atoms with Gasteiger partial charge in [-0.3, -0.25) is 14.5 Å². The molecule has 31 heavy (non-hydrogen) atoms. The summed E-state index contributed by atoms with van der Waals surface area (Å²) in [4.78, 5) is 37.3. The summed E-state index contributed by atoms with van der Waals surface area (Å²) in [5.74, 6) is -1.53. The van der Waals surface area contributed by atoms with Gasteiger partial charge in [0, 0.05) is 17.2 Å². The summed E-state index contributed by atoms with van der Waals surface area (Å²) >= 11 is 6.62. The van der Waals surface area contributed by atoms with E-state index in [9.17, 15) is 23.9 Å². The van der Waals surface area contributed by atoms with Gasteiger partial charge in [0.15, 0.2) is 0 Å². The predicted molar refractivity (Wildman–Crippen MR) is 114 cm³/mol. The van der Waals surface area contributed by atoms with Crippen LogP contribution in [0.25, 0.3) is 17.4 Å². The number of thioether (sulfide) groups is 1. The summed E-state index contributed by atoms with van der Waals surface area (Å²) in [5, 5.41) is 8.81. The van der Waals surface area contributed by atoms with Crippen LogP contribution >= 0.6 is 23.4 Å². The molecule has 0 radical (unpaired) electrons. The van der Waals surface area contributed by atoms with Crippen LogP contribution in [0, 0.1) is 5.82 Å². The van der Waals surface area contributed by atoms with E-state index in [0.29, 0.717) is 17.1 Å². The minimum Gasteiger partial charge on any atom is -0.478 e. The van der Waals surface area contributed by atoms with E-state index in [1.807, 2.05) is 0 Å². The third-order valence-corrected chi connectivity index (χ3v) is 5.78. The average molecular weight is 458 g/mol. The van der Waals surface area contributed by atoms with Crippen molar-refractivity contribution in [3.63, 3.8) is 0 Å². The van der Waals surface area contributed by atoms with E-state index < -0.39 is 22.9 Å². The van der Waals surface area contributed by atoms with Crippen molar-refractivity contribution in [3.8, 4) is 11.3 Å². The molecule has 1 aliphatic rings. The van der Waals surface area contributed by atoms with Gasteiger partial charge in [0.1, 0.15) is 17.3 Å². The molecule has 2 aromatic carbocycles. The van der Waals surface area contributed by atoms with E-state index >= 15 is 0 Å². The zero-order valence-electron chi connectivity index (χ0n) is 15.7. The van der Waals surface area contributed by atoms with Crippen LogP contribution in [0.15, 0.2) is 63.9 Å². The molecular formula is C22H13ClFNO5S. The van der Waals surface area contributed by atoms with E-state index in [1.165, 1.54) is 36.4 Å². The smallest absolute Gasteiger partial charge is 0.337 e. The van der Waals surface area contributed by atoms with Crippen LogP contribution < -0.4 is 0 Å². The Hall–Kier alpha value is -3.36. The highest BCUT2D eigenvalue weighted by atomic mass is 35.5. The lowest BCUT2D eigenvalue weighted by Crippen LogP contribution is -2.27. The Morgan fingerprint density at radius 3 is 2.68 bits per heavy atom. The van der Waals surface area contributed by atoms with Crippen molar-refractivity contribution in [2.45, 2.75) is 6.54 Å². The van der Waals surface area contributed by atoms with Crippen molar-refractivity contribution in [2.24, 2.45) is 0 Å². The number of imide groups is 1. The minimum absolute atomic E-state index is 0.0635. The largest absolute Gasteiger partial charge is 0.478 e. The first-order chi connectivity index (χ1) is 14.8. The maximum atomic E-state index is 13.9. The zero-order chi connectivity index (χ0) is 22.1. The highest BCUT2D eigenvalue weighted by Crippen LogP contribution is 2.35. The third-order valence-electron chi connectivity index (χ3n) is 4.54. The number of carbonyl (C=O) groups is 3. The van der Waals surface area contributed by atoms with Gasteiger partial charge in [-0.25, -0.2) is 9.18 Å². The van der Waals surface area contributed by atoms with Gasteiger partial charge in [0.2, 0.25) is 0 Å². The SMILES string of the molecule is O=C(O)c1cc(-c2ccc(/C=C3/SC(=O)N(Cc4ccccc4F)C3=O)o2)ccc1Cl. The fraction of sp³-hybridized carbons (Fsp3) is 0.0455. The Balaban J connectivity index is 1.56. The maximum Gasteiger partial charge on any atom is 0.337 e. The standard InChI is InChI=1S/C22H13ClFNO5S/c23-16-7-5-12(9-15(16)21(27)28)18-8-6-14(30-18)10-19-20(26)25(22(29)31-19)11-13-3-1-2-4-17(13)24/h1-10H,11H2,(H,27,28)/b19-10+. The van der Waals surface area contributed by atoms with Gasteiger partial charge < -0.3 is 9.52 Å². The van der Waals surface area contributed by atoms with Crippen molar-refractivity contribution in [3.05, 3.63) is 87.2 Å². The number of halogens is 2. The quantitative estimate of drug-likeness (QED) is 0.496. The molecule has 0 saturated carbocycles. The first kappa shape index (κ1) is 20.9. The monoisotopic (exact) mass is 457 g/mol. The Morgan fingerprint density at radius 1 is 1.16 bits per heavy atom. The number of hydrogen-bond acceptors (Lipinski definition) is 5. The van der Waals surface area contributed by atoms with Crippen LogP contribution in [0.5, 0.6) is 0 Å². The number of aromatic carboxylic acids is 1. The number of amides is 2. The average Bonchev–Trinajstić information content (AvgIpc) is 3.30. The first-order valence-electron chi connectivity index (χ1n) is 8.95. The van der Waals surface area contributed by atoms with Crippen molar-refractivity contribution in [2.75, 3.05) is 0 Å². The van der Waals surface area contributed by atoms with E-state index in [4.69, 9.17) is 16.0 Å². The van der Waals surface area contributed by atoms with E-state index in [2.05, 4.69) is 0 Å². The highest BCUT2D eigenvalue weighted by Gasteiger charge is 2.35. The molecule has 1 saturated heterocycles. The van der Waals surface area contributed by atoms with E-state index in [1.54, 1.807) is 24.3 Å². The molecule has 6 nitrogen and oxygen atoms in total. The molecule has 0 spiro atoms. The fourth-order valence-corrected chi connectivity index (χ4v) is 4.01. The summed E-state index contributed by atoms with van der Waals surface area (Å²) in [6.07, 6.45) is 1.42. The third kappa shape index (κ3) is 4.26. The summed E-state index contributed by atoms with van der Waals surface area (Å²) in [7, 11) is 0. The Labute approximate surface area is 184 Å². The molecule has 0 bridgehead atoms. The lowest BCUT2D eigenvalue weighted by atomic mass is 10.1. The number of carbonyl (C=O) groups excluding carboxylic acids is 2. The van der Waals surface area contributed by atoms with Crippen LogP contribution in [0.1, 0.15) is 21.7 Å². The number of carboxylic acid groups (broad SMARTS) is 1. The molecule has 9 heteroatoms. The highest BCUT2D eigenvalue weighted by molar-refractivity contribution is 8.18. The number of carboxylic acids is 1. The number of nitrogens with zero attached hydrogens (tertiary/aromatic N) is 1. The molecular weight excluding hydrogens is 445 g/mol. The number of rotatable bonds is 5. The Morgan fingerprint density at radius 2 is 1.94 bits per heavy atom. The number of hydrogen-bond donors (Lipinski definition) is 1. The van der Waals surface area contributed by atoms with Crippen LogP contribution in [0.3, 0.4) is 0 Å². The molecule has 3 aromatic rings. The lowest BCUT2D eigenvalue weighted by Gasteiger charge is -2.12. The van der Waals surface area contributed by atoms with Gasteiger partial charge in [0.25, 0.3) is 11.1 Å². The molecule has 2 heterocycles. The van der Waals surface area contributed by atoms with E-state index in [0.717, 1.165) is 16.7 Å². The molecule has 2 amide bonds. The Bertz CT molecular complexity index is 1250. The van der Waals surface area contributed by atoms with Crippen LogP contribution in [-0.2, 0) is 11.3 Å². The second-order valence-corrected chi connectivity index (χ2v) is 7.96. The summed E-state index contributed by atoms with van der Waals surface area (Å²) in [5.41, 5.74) is 0.670. The minimum atomic E-state index is -1.16. The normalized spacial score (nSPS) is 15.2. The van der Waals surface area contributed by atoms with Gasteiger partial charge in [-0.1, -0.05) is 29.8 Å². The van der Waals surface area contributed by atoms with Crippen molar-refractivity contribution >= 4 is 46.6 Å². The summed E-state index contributed by atoms with van der Waals surface area (Å²) < 4.78 is 19.6. The van der Waals surface area contributed by atoms with E-state index in [-0.39, 0.29) is 27.6 Å². The van der Waals surface area contributed by atoms with Crippen LogP contribution in [0.2, 0.25) is 5.02 Å². The first-order valence-corrected chi connectivity index (χ1v) is 10.1. The predicted octanol–water partition coefficient (Wildman–Crippen LogP) is 5.67. The second-order valence-electron chi connectivity index (χ2n) is 6.56. The Kier molecular flexibility index (Phi) is 5.67. The molecule has 1 aliphatic heterocycles. The van der Waals surface area contributed by atoms with Gasteiger partial charge in [-0.05, 0) is 48.2 Å². The zero-order valence-corrected chi connectivity index (χ0v) is 17.2. The molecule has 1 aromatic heterocycles. The van der Waals surface area contributed by atoms with Crippen molar-refractivity contribution in [1.29, 1.82) is 0 Å². The maximum absolute atomic E-state index is 13.9. The summed E-state index contributed by atoms with van der Waals surface area (Å²) in [6.45, 7) is -0.166. The van der Waals surface area contributed by atoms with Gasteiger partial charge in [-0.2, -0.15) is 0 Å². The van der Waals surface area contributed by atoms with Crippen molar-refractivity contribution in [1.82, 2.24) is 4.90 Å². The molecule has 0 aliphatic carbocycles. The fourth-order valence-electron chi connectivity index (χ4n) is 2.99. The number of furan rings is 1.